The molecule has 1 saturated carbocycles. The van der Waals surface area contributed by atoms with Crippen molar-refractivity contribution in [2.75, 3.05) is 0 Å². The third-order valence-corrected chi connectivity index (χ3v) is 6.79. The number of carbonyl (C=O) groups is 1. The van der Waals surface area contributed by atoms with Crippen molar-refractivity contribution in [2.24, 2.45) is 0 Å². The van der Waals surface area contributed by atoms with E-state index in [1.54, 1.807) is 12.1 Å². The van der Waals surface area contributed by atoms with Gasteiger partial charge in [-0.2, -0.15) is 13.2 Å². The molecule has 0 bridgehead atoms. The third-order valence-electron chi connectivity index (χ3n) is 6.79. The summed E-state index contributed by atoms with van der Waals surface area (Å²) >= 11 is 0. The topological polar surface area (TPSA) is 37.3 Å². The van der Waals surface area contributed by atoms with Gasteiger partial charge < -0.3 is 5.11 Å². The number of hydrogen-bond donors (Lipinski definition) is 1. The molecule has 172 valence electrons. The highest BCUT2D eigenvalue weighted by Crippen LogP contribution is 2.37. The van der Waals surface area contributed by atoms with E-state index in [2.05, 4.69) is 24.3 Å². The van der Waals surface area contributed by atoms with Crippen LogP contribution in [0.2, 0.25) is 0 Å². The summed E-state index contributed by atoms with van der Waals surface area (Å²) in [6.45, 7) is 0. The van der Waals surface area contributed by atoms with Gasteiger partial charge in [0.15, 0.2) is 0 Å². The molecule has 0 spiro atoms. The zero-order valence-corrected chi connectivity index (χ0v) is 18.4. The molecule has 4 aromatic carbocycles. The van der Waals surface area contributed by atoms with Crippen LogP contribution in [0.25, 0.3) is 33.0 Å². The van der Waals surface area contributed by atoms with Gasteiger partial charge in [-0.1, -0.05) is 61.4 Å². The van der Waals surface area contributed by atoms with Crippen molar-refractivity contribution < 1.29 is 23.1 Å². The lowest BCUT2D eigenvalue weighted by atomic mass is 9.91. The Morgan fingerprint density at radius 3 is 2.00 bits per heavy atom. The van der Waals surface area contributed by atoms with Crippen LogP contribution in [0.5, 0.6) is 0 Å². The van der Waals surface area contributed by atoms with E-state index in [0.29, 0.717) is 11.5 Å². The fraction of sp³-hybridized carbons (Fsp3) is 0.207. The number of carboxylic acid groups (broad SMARTS) is 1. The van der Waals surface area contributed by atoms with Gasteiger partial charge in [0.05, 0.1) is 11.1 Å². The van der Waals surface area contributed by atoms with Gasteiger partial charge in [-0.15, -0.1) is 0 Å². The summed E-state index contributed by atoms with van der Waals surface area (Å²) in [5.41, 5.74) is 3.93. The molecule has 0 aromatic heterocycles. The minimum Gasteiger partial charge on any atom is -0.478 e. The van der Waals surface area contributed by atoms with Gasteiger partial charge in [0.1, 0.15) is 0 Å². The number of fused-ring (bicyclic) bond motifs is 1. The minimum atomic E-state index is -4.39. The molecule has 1 aliphatic rings. The van der Waals surface area contributed by atoms with Crippen molar-refractivity contribution in [3.8, 4) is 22.3 Å². The highest BCUT2D eigenvalue weighted by molar-refractivity contribution is 6.04. The molecule has 0 unspecified atom stereocenters. The molecule has 1 aliphatic carbocycles. The van der Waals surface area contributed by atoms with Crippen molar-refractivity contribution in [1.82, 2.24) is 0 Å². The zero-order valence-electron chi connectivity index (χ0n) is 18.4. The number of hydrogen-bond acceptors (Lipinski definition) is 1. The molecule has 4 aromatic rings. The second-order valence-corrected chi connectivity index (χ2v) is 8.94. The van der Waals surface area contributed by atoms with Crippen LogP contribution in [0.4, 0.5) is 13.2 Å². The van der Waals surface area contributed by atoms with Crippen LogP contribution in [-0.4, -0.2) is 11.1 Å². The van der Waals surface area contributed by atoms with Crippen LogP contribution >= 0.6 is 0 Å². The van der Waals surface area contributed by atoms with Crippen LogP contribution < -0.4 is 0 Å². The van der Waals surface area contributed by atoms with Gasteiger partial charge in [0.25, 0.3) is 0 Å². The summed E-state index contributed by atoms with van der Waals surface area (Å²) in [7, 11) is 0. The van der Waals surface area contributed by atoms with E-state index in [4.69, 9.17) is 0 Å². The first-order valence-corrected chi connectivity index (χ1v) is 11.4. The van der Waals surface area contributed by atoms with E-state index in [0.717, 1.165) is 39.6 Å². The van der Waals surface area contributed by atoms with Crippen molar-refractivity contribution in [3.05, 3.63) is 95.6 Å². The summed E-state index contributed by atoms with van der Waals surface area (Å²) in [6.07, 6.45) is 0.561. The Balaban J connectivity index is 1.57. The lowest BCUT2D eigenvalue weighted by molar-refractivity contribution is -0.137. The molecule has 1 N–H and O–H groups in total. The maximum atomic E-state index is 12.9. The van der Waals surface area contributed by atoms with Gasteiger partial charge in [-0.25, -0.2) is 4.79 Å². The number of aromatic carboxylic acids is 1. The smallest absolute Gasteiger partial charge is 0.416 e. The predicted octanol–water partition coefficient (Wildman–Crippen LogP) is 8.55. The summed E-state index contributed by atoms with van der Waals surface area (Å²) < 4.78 is 38.7. The first-order valence-electron chi connectivity index (χ1n) is 11.4. The monoisotopic (exact) mass is 460 g/mol. The van der Waals surface area contributed by atoms with E-state index in [1.807, 2.05) is 18.2 Å². The second kappa shape index (κ2) is 8.64. The highest BCUT2D eigenvalue weighted by atomic mass is 19.4. The normalized spacial score (nSPS) is 14.6. The van der Waals surface area contributed by atoms with Gasteiger partial charge in [-0.3, -0.25) is 0 Å². The summed E-state index contributed by atoms with van der Waals surface area (Å²) in [4.78, 5) is 11.8. The van der Waals surface area contributed by atoms with Gasteiger partial charge >= 0.3 is 12.1 Å². The predicted molar refractivity (Wildman–Crippen MR) is 128 cm³/mol. The van der Waals surface area contributed by atoms with Gasteiger partial charge in [-0.05, 0) is 87.7 Å². The fourth-order valence-corrected chi connectivity index (χ4v) is 4.96. The average molecular weight is 460 g/mol. The van der Waals surface area contributed by atoms with E-state index in [-0.39, 0.29) is 5.56 Å². The maximum absolute atomic E-state index is 12.9. The van der Waals surface area contributed by atoms with Crippen LogP contribution in [0.15, 0.2) is 78.9 Å². The first-order chi connectivity index (χ1) is 16.3. The fourth-order valence-electron chi connectivity index (χ4n) is 4.96. The molecule has 0 radical (unpaired) electrons. The Bertz CT molecular complexity index is 1350. The van der Waals surface area contributed by atoms with E-state index >= 15 is 0 Å². The average Bonchev–Trinajstić information content (AvgIpc) is 3.38. The molecule has 5 rings (SSSR count). The Morgan fingerprint density at radius 1 is 0.765 bits per heavy atom. The molecular formula is C29H23F3O2. The standard InChI is InChI=1S/C29H23F3O2/c30-29(31,32)25-12-9-20(10-13-25)22-11-14-26-23(15-22)16-24(28(33)34)17-27(26)21-7-5-19(6-8-21)18-3-1-2-4-18/h5-18H,1-4H2,(H,33,34). The van der Waals surface area contributed by atoms with Gasteiger partial charge in [0.2, 0.25) is 0 Å². The first kappa shape index (κ1) is 22.2. The molecule has 0 aliphatic heterocycles. The maximum Gasteiger partial charge on any atom is 0.416 e. The third kappa shape index (κ3) is 4.30. The summed E-state index contributed by atoms with van der Waals surface area (Å²) in [5, 5.41) is 11.3. The zero-order chi connectivity index (χ0) is 23.9. The van der Waals surface area contributed by atoms with Crippen molar-refractivity contribution >= 4 is 16.7 Å². The quantitative estimate of drug-likeness (QED) is 0.331. The summed E-state index contributed by atoms with van der Waals surface area (Å²) in [6, 6.07) is 22.3. The molecule has 2 nitrogen and oxygen atoms in total. The molecule has 1 fully saturated rings. The Labute approximate surface area is 195 Å². The Hall–Kier alpha value is -3.60. The Morgan fingerprint density at radius 2 is 1.38 bits per heavy atom. The largest absolute Gasteiger partial charge is 0.478 e. The number of carboxylic acids is 1. The van der Waals surface area contributed by atoms with Gasteiger partial charge in [0, 0.05) is 0 Å². The van der Waals surface area contributed by atoms with Crippen molar-refractivity contribution in [3.63, 3.8) is 0 Å². The van der Waals surface area contributed by atoms with Crippen molar-refractivity contribution in [2.45, 2.75) is 37.8 Å². The molecule has 0 heterocycles. The van der Waals surface area contributed by atoms with Crippen LogP contribution in [-0.2, 0) is 6.18 Å². The van der Waals surface area contributed by atoms with Crippen LogP contribution in [0.3, 0.4) is 0 Å². The SMILES string of the molecule is O=C(O)c1cc(-c2ccc(C3CCCC3)cc2)c2ccc(-c3ccc(C(F)(F)F)cc3)cc2c1. The van der Waals surface area contributed by atoms with Crippen LogP contribution in [0.1, 0.15) is 53.1 Å². The van der Waals surface area contributed by atoms with E-state index < -0.39 is 17.7 Å². The van der Waals surface area contributed by atoms with Crippen molar-refractivity contribution in [1.29, 1.82) is 0 Å². The number of rotatable bonds is 4. The number of benzene rings is 4. The van der Waals surface area contributed by atoms with E-state index in [9.17, 15) is 23.1 Å². The number of alkyl halides is 3. The molecular weight excluding hydrogens is 437 g/mol. The highest BCUT2D eigenvalue weighted by Gasteiger charge is 2.30. The lowest BCUT2D eigenvalue weighted by Gasteiger charge is -2.14. The minimum absolute atomic E-state index is 0.173. The molecule has 0 atom stereocenters. The Kier molecular flexibility index (Phi) is 5.64. The molecule has 34 heavy (non-hydrogen) atoms. The van der Waals surface area contributed by atoms with E-state index in [1.165, 1.54) is 43.4 Å². The summed E-state index contributed by atoms with van der Waals surface area (Å²) in [5.74, 6) is -0.423. The molecule has 0 saturated heterocycles. The van der Waals surface area contributed by atoms with Crippen LogP contribution in [0, 0.1) is 0 Å². The lowest BCUT2D eigenvalue weighted by Crippen LogP contribution is -2.03. The molecule has 5 heteroatoms. The molecule has 0 amide bonds. The second-order valence-electron chi connectivity index (χ2n) is 8.94. The number of halogens is 3.